The number of rotatable bonds is 2. The van der Waals surface area contributed by atoms with Crippen LogP contribution in [0.5, 0.6) is 0 Å². The van der Waals surface area contributed by atoms with E-state index in [9.17, 15) is 4.79 Å². The van der Waals surface area contributed by atoms with Gasteiger partial charge in [-0.05, 0) is 18.3 Å². The van der Waals surface area contributed by atoms with Crippen molar-refractivity contribution < 1.29 is 56.1 Å². The standard InChI is InChI=1S/C10H10O.V.Y/c1-2-9-7-3-4-8(5-7)10(9)6-11;;/h3-4,7-10H,1,5H2;;/q-2;;. The molecule has 2 radical (unpaired) electrons. The van der Waals surface area contributed by atoms with E-state index < -0.39 is 0 Å². The number of allylic oxidation sites excluding steroid dienone is 3. The zero-order chi connectivity index (χ0) is 7.84. The molecule has 0 spiro atoms. The van der Waals surface area contributed by atoms with Crippen molar-refractivity contribution >= 4 is 6.29 Å². The Kier molecular flexibility index (Phi) is 6.02. The van der Waals surface area contributed by atoms with Crippen molar-refractivity contribution in [2.75, 3.05) is 0 Å². The van der Waals surface area contributed by atoms with Crippen LogP contribution in [0.2, 0.25) is 0 Å². The van der Waals surface area contributed by atoms with Gasteiger partial charge in [0.25, 0.3) is 0 Å². The van der Waals surface area contributed by atoms with Crippen molar-refractivity contribution in [1.29, 1.82) is 0 Å². The van der Waals surface area contributed by atoms with Gasteiger partial charge in [0.15, 0.2) is 0 Å². The Morgan fingerprint density at radius 1 is 1.23 bits per heavy atom. The quantitative estimate of drug-likeness (QED) is 0.555. The van der Waals surface area contributed by atoms with Crippen molar-refractivity contribution in [3.05, 3.63) is 24.8 Å². The minimum absolute atomic E-state index is 0. The molecule has 4 atom stereocenters. The molecule has 66 valence electrons. The molecule has 4 unspecified atom stereocenters. The molecule has 0 saturated heterocycles. The molecule has 0 aromatic heterocycles. The summed E-state index contributed by atoms with van der Waals surface area (Å²) in [6.45, 7) is 3.62. The van der Waals surface area contributed by atoms with Crippen LogP contribution in [0.25, 0.3) is 0 Å². The van der Waals surface area contributed by atoms with Gasteiger partial charge in [0.2, 0.25) is 0 Å². The Labute approximate surface area is 116 Å². The predicted molar refractivity (Wildman–Crippen MR) is 42.3 cm³/mol. The topological polar surface area (TPSA) is 17.1 Å². The Bertz CT molecular complexity index is 205. The van der Waals surface area contributed by atoms with Crippen LogP contribution in [0.4, 0.5) is 0 Å². The van der Waals surface area contributed by atoms with E-state index in [2.05, 4.69) is 31.1 Å². The molecule has 13 heavy (non-hydrogen) atoms. The molecule has 3 heteroatoms. The first kappa shape index (κ1) is 13.8. The van der Waals surface area contributed by atoms with Gasteiger partial charge in [-0.1, -0.05) is 12.2 Å². The van der Waals surface area contributed by atoms with Gasteiger partial charge < -0.3 is 10.9 Å². The molecule has 0 heterocycles. The second-order valence-corrected chi connectivity index (χ2v) is 3.32. The molecule has 1 nitrogen and oxygen atoms in total. The van der Waals surface area contributed by atoms with E-state index in [1.165, 1.54) is 0 Å². The summed E-state index contributed by atoms with van der Waals surface area (Å²) in [5, 5.41) is 0. The van der Waals surface area contributed by atoms with Crippen molar-refractivity contribution in [3.8, 4) is 0 Å². The average molecular weight is 286 g/mol. The van der Waals surface area contributed by atoms with Crippen molar-refractivity contribution in [3.63, 3.8) is 0 Å². The van der Waals surface area contributed by atoms with Crippen LogP contribution in [0.3, 0.4) is 0 Å². The molecule has 0 aliphatic heterocycles. The molecule has 2 aliphatic rings. The van der Waals surface area contributed by atoms with Crippen LogP contribution in [0.15, 0.2) is 18.7 Å². The van der Waals surface area contributed by atoms with Gasteiger partial charge in [0, 0.05) is 51.3 Å². The number of fused-ring (bicyclic) bond motifs is 2. The molecule has 2 bridgehead atoms. The maximum absolute atomic E-state index is 10.5. The zero-order valence-electron chi connectivity index (χ0n) is 7.31. The van der Waals surface area contributed by atoms with Crippen molar-refractivity contribution in [1.82, 2.24) is 0 Å². The van der Waals surface area contributed by atoms with Gasteiger partial charge in [-0.3, -0.25) is 12.9 Å². The molecule has 1 fully saturated rings. The Morgan fingerprint density at radius 3 is 2.15 bits per heavy atom. The number of hydrogen-bond acceptors (Lipinski definition) is 1. The van der Waals surface area contributed by atoms with E-state index in [1.54, 1.807) is 0 Å². The van der Waals surface area contributed by atoms with Crippen molar-refractivity contribution in [2.24, 2.45) is 23.7 Å². The van der Waals surface area contributed by atoms with E-state index >= 15 is 0 Å². The molecule has 0 aromatic rings. The number of carbonyl (C=O) groups excluding carboxylic acids is 1. The van der Waals surface area contributed by atoms with Crippen LogP contribution in [-0.2, 0) is 56.1 Å². The third kappa shape index (κ3) is 2.26. The predicted octanol–water partition coefficient (Wildman–Crippen LogP) is 1.52. The van der Waals surface area contributed by atoms with E-state index in [4.69, 9.17) is 0 Å². The van der Waals surface area contributed by atoms with Gasteiger partial charge in [0.1, 0.15) is 0 Å². The summed E-state index contributed by atoms with van der Waals surface area (Å²) in [6.07, 6.45) is 10.4. The fraction of sp³-hybridized carbons (Fsp3) is 0.500. The van der Waals surface area contributed by atoms with E-state index in [0.717, 1.165) is 6.42 Å². The maximum atomic E-state index is 10.5. The first-order valence-corrected chi connectivity index (χ1v) is 3.95. The summed E-state index contributed by atoms with van der Waals surface area (Å²) < 4.78 is 0. The third-order valence-electron chi connectivity index (χ3n) is 2.83. The van der Waals surface area contributed by atoms with Crippen LogP contribution in [-0.4, -0.2) is 6.29 Å². The van der Waals surface area contributed by atoms with Crippen LogP contribution in [0.1, 0.15) is 6.42 Å². The molecule has 2 aliphatic carbocycles. The van der Waals surface area contributed by atoms with Crippen molar-refractivity contribution in [2.45, 2.75) is 6.42 Å². The first-order valence-electron chi connectivity index (χ1n) is 3.95. The number of hydrogen-bond donors (Lipinski definition) is 0. The van der Waals surface area contributed by atoms with Crippen LogP contribution < -0.4 is 0 Å². The van der Waals surface area contributed by atoms with Gasteiger partial charge in [0.05, 0.1) is 0 Å². The molecular weight excluding hydrogens is 276 g/mol. The summed E-state index contributed by atoms with van der Waals surface area (Å²) in [6, 6.07) is 0. The van der Waals surface area contributed by atoms with Gasteiger partial charge in [-0.25, -0.2) is 0 Å². The first-order chi connectivity index (χ1) is 5.36. The van der Waals surface area contributed by atoms with Crippen LogP contribution in [0, 0.1) is 29.7 Å². The SMILES string of the molecule is C=[C-]C1C2C=CC(C2)C1[C-]=O.[V].[Y]. The minimum atomic E-state index is 0. The Hall–Kier alpha value is 0.838. The van der Waals surface area contributed by atoms with E-state index in [-0.39, 0.29) is 63.1 Å². The smallest absolute Gasteiger partial charge is 0 e. The van der Waals surface area contributed by atoms with Gasteiger partial charge >= 0.3 is 0 Å². The van der Waals surface area contributed by atoms with E-state index in [0.29, 0.717) is 11.8 Å². The molecule has 0 amide bonds. The van der Waals surface area contributed by atoms with Gasteiger partial charge in [-0.15, -0.1) is 0 Å². The largest absolute Gasteiger partial charge is 0.542 e. The Morgan fingerprint density at radius 2 is 1.77 bits per heavy atom. The summed E-state index contributed by atoms with van der Waals surface area (Å²) in [5.74, 6) is 1.23. The second-order valence-electron chi connectivity index (χ2n) is 3.32. The fourth-order valence-corrected chi connectivity index (χ4v) is 2.26. The molecular formula is C10H10OVY-2. The maximum Gasteiger partial charge on any atom is 0 e. The minimum Gasteiger partial charge on any atom is -0.542 e. The monoisotopic (exact) mass is 286 g/mol. The Balaban J connectivity index is 0.000000720. The third-order valence-corrected chi connectivity index (χ3v) is 2.83. The molecule has 1 saturated carbocycles. The molecule has 0 aromatic carbocycles. The zero-order valence-corrected chi connectivity index (χ0v) is 11.5. The summed E-state index contributed by atoms with van der Waals surface area (Å²) in [7, 11) is 0. The average Bonchev–Trinajstić information content (AvgIpc) is 2.60. The summed E-state index contributed by atoms with van der Waals surface area (Å²) in [5.41, 5.74) is 0. The molecule has 2 rings (SSSR count). The van der Waals surface area contributed by atoms with Crippen LogP contribution >= 0.6 is 0 Å². The van der Waals surface area contributed by atoms with E-state index in [1.807, 2.05) is 0 Å². The second kappa shape index (κ2) is 5.65. The van der Waals surface area contributed by atoms with Gasteiger partial charge in [-0.2, -0.15) is 11.8 Å². The summed E-state index contributed by atoms with van der Waals surface area (Å²) in [4.78, 5) is 10.5. The normalized spacial score (nSPS) is 39.1. The fourth-order valence-electron chi connectivity index (χ4n) is 2.26. The summed E-state index contributed by atoms with van der Waals surface area (Å²) >= 11 is 0. The molecule has 0 N–H and O–H groups in total.